The third-order valence-corrected chi connectivity index (χ3v) is 7.79. The lowest BCUT2D eigenvalue weighted by Gasteiger charge is -2.60. The van der Waals surface area contributed by atoms with E-state index in [9.17, 15) is 18.4 Å². The van der Waals surface area contributed by atoms with Crippen LogP contribution in [0.3, 0.4) is 0 Å². The van der Waals surface area contributed by atoms with Crippen LogP contribution in [0.5, 0.6) is 0 Å². The maximum atomic E-state index is 13.8. The quantitative estimate of drug-likeness (QED) is 0.834. The first kappa shape index (κ1) is 17.9. The highest BCUT2D eigenvalue weighted by atomic mass is 19.2. The van der Waals surface area contributed by atoms with Crippen molar-refractivity contribution in [3.05, 3.63) is 35.4 Å². The summed E-state index contributed by atoms with van der Waals surface area (Å²) in [6.07, 6.45) is 4.46. The molecule has 1 aromatic carbocycles. The largest absolute Gasteiger partial charge is 0.369 e. The molecule has 0 spiro atoms. The molecule has 7 heteroatoms. The maximum Gasteiger partial charge on any atom is 0.318 e. The molecule has 1 aliphatic heterocycles. The van der Waals surface area contributed by atoms with Gasteiger partial charge in [-0.2, -0.15) is 0 Å². The van der Waals surface area contributed by atoms with Crippen LogP contribution < -0.4 is 11.1 Å². The zero-order valence-corrected chi connectivity index (χ0v) is 15.9. The van der Waals surface area contributed by atoms with Crippen LogP contribution >= 0.6 is 0 Å². The Morgan fingerprint density at radius 2 is 1.86 bits per heavy atom. The molecule has 3 atom stereocenters. The van der Waals surface area contributed by atoms with Crippen molar-refractivity contribution in [3.63, 3.8) is 0 Å². The zero-order chi connectivity index (χ0) is 19.8. The molecule has 28 heavy (non-hydrogen) atoms. The fourth-order valence-corrected chi connectivity index (χ4v) is 6.81. The van der Waals surface area contributed by atoms with Crippen LogP contribution in [0.25, 0.3) is 0 Å². The van der Waals surface area contributed by atoms with Crippen LogP contribution in [0.15, 0.2) is 18.2 Å². The van der Waals surface area contributed by atoms with E-state index in [1.165, 1.54) is 6.07 Å². The first-order chi connectivity index (χ1) is 13.2. The Morgan fingerprint density at radius 3 is 2.46 bits per heavy atom. The van der Waals surface area contributed by atoms with Gasteiger partial charge in [-0.05, 0) is 74.5 Å². The molecule has 1 heterocycles. The number of hydrogen-bond donors (Lipinski definition) is 2. The highest BCUT2D eigenvalue weighted by molar-refractivity contribution is 5.82. The fraction of sp³-hybridized carbons (Fsp3) is 0.619. The number of nitrogens with one attached hydrogen (secondary N) is 1. The summed E-state index contributed by atoms with van der Waals surface area (Å²) < 4.78 is 27.1. The zero-order valence-electron chi connectivity index (χ0n) is 15.9. The minimum atomic E-state index is -0.913. The van der Waals surface area contributed by atoms with E-state index >= 15 is 0 Å². The highest BCUT2D eigenvalue weighted by Gasteiger charge is 2.60. The predicted octanol–water partition coefficient (Wildman–Crippen LogP) is 2.89. The number of carbonyl (C=O) groups is 2. The monoisotopic (exact) mass is 389 g/mol. The Balaban J connectivity index is 1.43. The maximum absolute atomic E-state index is 13.8. The summed E-state index contributed by atoms with van der Waals surface area (Å²) >= 11 is 0. The second-order valence-electron chi connectivity index (χ2n) is 9.62. The van der Waals surface area contributed by atoms with Crippen molar-refractivity contribution in [2.24, 2.45) is 28.9 Å². The summed E-state index contributed by atoms with van der Waals surface area (Å²) in [5.74, 6) is -0.934. The molecule has 4 saturated carbocycles. The molecule has 5 aliphatic rings. The molecule has 5 nitrogen and oxygen atoms in total. The summed E-state index contributed by atoms with van der Waals surface area (Å²) in [5.41, 5.74) is 5.15. The summed E-state index contributed by atoms with van der Waals surface area (Å²) in [4.78, 5) is 26.9. The molecule has 4 bridgehead atoms. The average molecular weight is 389 g/mol. The molecule has 150 valence electrons. The smallest absolute Gasteiger partial charge is 0.318 e. The molecule has 3 amide bonds. The van der Waals surface area contributed by atoms with Crippen LogP contribution in [0.4, 0.5) is 13.6 Å². The van der Waals surface area contributed by atoms with Gasteiger partial charge in [-0.3, -0.25) is 4.79 Å². The van der Waals surface area contributed by atoms with E-state index in [1.54, 1.807) is 0 Å². The number of urea groups is 1. The lowest BCUT2D eigenvalue weighted by molar-refractivity contribution is -0.150. The van der Waals surface area contributed by atoms with E-state index in [0.717, 1.165) is 44.2 Å². The molecule has 0 aromatic heterocycles. The van der Waals surface area contributed by atoms with E-state index in [0.29, 0.717) is 18.0 Å². The molecular weight excluding hydrogens is 364 g/mol. The number of nitrogens with two attached hydrogens (primary N) is 1. The van der Waals surface area contributed by atoms with Crippen molar-refractivity contribution < 1.29 is 18.4 Å². The first-order valence-corrected chi connectivity index (χ1v) is 10.0. The number of halogens is 2. The van der Waals surface area contributed by atoms with E-state index in [2.05, 4.69) is 5.32 Å². The van der Waals surface area contributed by atoms with Gasteiger partial charge in [0.05, 0.1) is 5.54 Å². The van der Waals surface area contributed by atoms with E-state index in [-0.39, 0.29) is 29.8 Å². The third kappa shape index (κ3) is 2.40. The van der Waals surface area contributed by atoms with Crippen molar-refractivity contribution in [2.45, 2.75) is 50.6 Å². The molecule has 6 rings (SSSR count). The van der Waals surface area contributed by atoms with Gasteiger partial charge in [0.15, 0.2) is 11.6 Å². The van der Waals surface area contributed by atoms with Gasteiger partial charge in [-0.25, -0.2) is 13.6 Å². The first-order valence-electron chi connectivity index (χ1n) is 10.0. The highest BCUT2D eigenvalue weighted by Crippen LogP contribution is 2.61. The van der Waals surface area contributed by atoms with Gasteiger partial charge in [-0.1, -0.05) is 6.07 Å². The SMILES string of the molecule is C[C@]1(c2ccc(F)c(F)c2)CN(C2C3CC4CC2CC(C(N)=O)(C4)C3)C(=O)N1. The summed E-state index contributed by atoms with van der Waals surface area (Å²) in [7, 11) is 0. The molecule has 5 fully saturated rings. The van der Waals surface area contributed by atoms with Gasteiger partial charge in [0.2, 0.25) is 5.91 Å². The topological polar surface area (TPSA) is 75.4 Å². The van der Waals surface area contributed by atoms with Gasteiger partial charge < -0.3 is 16.0 Å². The number of hydrogen-bond acceptors (Lipinski definition) is 2. The van der Waals surface area contributed by atoms with Gasteiger partial charge in [0, 0.05) is 18.0 Å². The van der Waals surface area contributed by atoms with Crippen LogP contribution in [-0.2, 0) is 10.3 Å². The summed E-state index contributed by atoms with van der Waals surface area (Å²) in [6.45, 7) is 2.25. The van der Waals surface area contributed by atoms with Crippen molar-refractivity contribution in [3.8, 4) is 0 Å². The van der Waals surface area contributed by atoms with Gasteiger partial charge in [0.1, 0.15) is 0 Å². The molecule has 0 radical (unpaired) electrons. The summed E-state index contributed by atoms with van der Waals surface area (Å²) in [6, 6.07) is 3.71. The Morgan fingerprint density at radius 1 is 1.18 bits per heavy atom. The lowest BCUT2D eigenvalue weighted by Crippen LogP contribution is -2.62. The van der Waals surface area contributed by atoms with Crippen molar-refractivity contribution in [1.29, 1.82) is 0 Å². The Hall–Kier alpha value is -2.18. The van der Waals surface area contributed by atoms with Gasteiger partial charge in [0.25, 0.3) is 0 Å². The van der Waals surface area contributed by atoms with E-state index in [1.807, 2.05) is 11.8 Å². The Bertz CT molecular complexity index is 859. The lowest BCUT2D eigenvalue weighted by atomic mass is 9.47. The number of carbonyl (C=O) groups excluding carboxylic acids is 2. The number of rotatable bonds is 3. The average Bonchev–Trinajstić information content (AvgIpc) is 2.92. The molecule has 3 N–H and O–H groups in total. The van der Waals surface area contributed by atoms with Gasteiger partial charge >= 0.3 is 6.03 Å². The van der Waals surface area contributed by atoms with Crippen LogP contribution in [0, 0.1) is 34.8 Å². The van der Waals surface area contributed by atoms with Crippen LogP contribution in [0.2, 0.25) is 0 Å². The molecule has 4 aliphatic carbocycles. The van der Waals surface area contributed by atoms with Gasteiger partial charge in [-0.15, -0.1) is 0 Å². The molecule has 2 unspecified atom stereocenters. The second-order valence-corrected chi connectivity index (χ2v) is 9.62. The van der Waals surface area contributed by atoms with Crippen molar-refractivity contribution >= 4 is 11.9 Å². The van der Waals surface area contributed by atoms with Crippen molar-refractivity contribution in [1.82, 2.24) is 10.2 Å². The molecular formula is C21H25F2N3O2. The standard InChI is InChI=1S/C21H25F2N3O2/c1-20(14-2-3-15(22)16(23)6-14)10-26(19(28)25-20)17-12-4-11-5-13(17)9-21(7-11,8-12)18(24)27/h2-3,6,11-13,17H,4-5,7-10H2,1H3,(H2,24,27)(H,25,28)/t11?,12?,13?,17?,20-,21?/m1/s1. The molecule has 1 saturated heterocycles. The normalized spacial score (nSPS) is 41.4. The van der Waals surface area contributed by atoms with E-state index in [4.69, 9.17) is 5.73 Å². The number of primary amides is 1. The van der Waals surface area contributed by atoms with Crippen molar-refractivity contribution in [2.75, 3.05) is 6.54 Å². The minimum absolute atomic E-state index is 0.0798. The summed E-state index contributed by atoms with van der Waals surface area (Å²) in [5, 5.41) is 2.99. The number of benzene rings is 1. The fourth-order valence-electron chi connectivity index (χ4n) is 6.81. The minimum Gasteiger partial charge on any atom is -0.369 e. The Labute approximate surface area is 162 Å². The Kier molecular flexibility index (Phi) is 3.62. The molecule has 1 aromatic rings. The predicted molar refractivity (Wildman–Crippen MR) is 97.9 cm³/mol. The third-order valence-electron chi connectivity index (χ3n) is 7.79. The van der Waals surface area contributed by atoms with Crippen LogP contribution in [0.1, 0.15) is 44.6 Å². The number of nitrogens with zero attached hydrogens (tertiary/aromatic N) is 1. The number of amides is 3. The van der Waals surface area contributed by atoms with Crippen LogP contribution in [-0.4, -0.2) is 29.4 Å². The second kappa shape index (κ2) is 5.67. The van der Waals surface area contributed by atoms with E-state index < -0.39 is 22.6 Å².